The number of rotatable bonds is 11. The number of phenolic OH excluding ortho intramolecular Hbond substituents is 2. The quantitative estimate of drug-likeness (QED) is 0.118. The van der Waals surface area contributed by atoms with Crippen LogP contribution in [0, 0.1) is 35.8 Å². The molecular weight excluding hydrogens is 624 g/mol. The molecule has 0 heterocycles. The normalized spacial score (nSPS) is 11.8. The highest BCUT2D eigenvalue weighted by molar-refractivity contribution is 7.85. The Morgan fingerprint density at radius 2 is 1.22 bits per heavy atom. The lowest BCUT2D eigenvalue weighted by molar-refractivity contribution is 0.0436. The third-order valence-electron chi connectivity index (χ3n) is 5.79. The second kappa shape index (κ2) is 15.2. The number of nitriles is 2. The second-order valence-electron chi connectivity index (χ2n) is 8.63. The van der Waals surface area contributed by atoms with Crippen LogP contribution >= 0.6 is 0 Å². The Morgan fingerprint density at radius 3 is 1.67 bits per heavy atom. The molecule has 0 atom stereocenters. The number of esters is 2. The molecule has 0 fully saturated rings. The SMILES string of the molecule is [C-]#[N+]C(C#N)=c1cc(OCCOC(=O)c2cc(S(=O)(=O)O)ccc2O)c(=C(C#N)[N+]#[C-])cc1OCCOC(=O)c1ccccc1O. The lowest BCUT2D eigenvalue weighted by atomic mass is 10.1. The fraction of sp³-hybridized carbons (Fsp3) is 0.133. The van der Waals surface area contributed by atoms with Crippen LogP contribution in [0.4, 0.5) is 0 Å². The molecule has 0 saturated carbocycles. The van der Waals surface area contributed by atoms with Crippen molar-refractivity contribution < 1.29 is 51.7 Å². The lowest BCUT2D eigenvalue weighted by Crippen LogP contribution is -2.23. The van der Waals surface area contributed by atoms with Crippen LogP contribution in [-0.2, 0) is 19.6 Å². The summed E-state index contributed by atoms with van der Waals surface area (Å²) in [6.45, 7) is 13.2. The molecule has 3 aromatic rings. The predicted molar refractivity (Wildman–Crippen MR) is 155 cm³/mol. The Bertz CT molecular complexity index is 2070. The smallest absolute Gasteiger partial charge is 0.342 e. The van der Waals surface area contributed by atoms with Gasteiger partial charge in [0.1, 0.15) is 60.6 Å². The van der Waals surface area contributed by atoms with Gasteiger partial charge in [0, 0.05) is 10.4 Å². The number of nitrogens with zero attached hydrogens (tertiary/aromatic N) is 4. The molecule has 0 aliphatic heterocycles. The number of benzene rings is 3. The first-order valence-electron chi connectivity index (χ1n) is 12.6. The fourth-order valence-corrected chi connectivity index (χ4v) is 4.18. The first-order chi connectivity index (χ1) is 21.9. The minimum atomic E-state index is -4.68. The van der Waals surface area contributed by atoms with Gasteiger partial charge in [0.05, 0.1) is 30.2 Å². The van der Waals surface area contributed by atoms with E-state index in [1.54, 1.807) is 12.1 Å². The van der Waals surface area contributed by atoms with E-state index in [2.05, 4.69) is 9.69 Å². The van der Waals surface area contributed by atoms with E-state index in [9.17, 15) is 43.3 Å². The molecule has 0 aliphatic rings. The molecule has 0 aliphatic carbocycles. The van der Waals surface area contributed by atoms with E-state index in [0.717, 1.165) is 18.2 Å². The van der Waals surface area contributed by atoms with Crippen molar-refractivity contribution in [1.29, 1.82) is 10.5 Å². The number of aromatic hydroxyl groups is 2. The molecule has 0 saturated heterocycles. The third kappa shape index (κ3) is 8.28. The van der Waals surface area contributed by atoms with Crippen molar-refractivity contribution in [3.63, 3.8) is 0 Å². The first kappa shape index (κ1) is 33.9. The zero-order chi connectivity index (χ0) is 33.9. The largest absolute Gasteiger partial charge is 0.507 e. The number of carbonyl (C=O) groups is 2. The highest BCUT2D eigenvalue weighted by atomic mass is 32.2. The van der Waals surface area contributed by atoms with Crippen molar-refractivity contribution in [2.24, 2.45) is 0 Å². The summed E-state index contributed by atoms with van der Waals surface area (Å²) in [5.74, 6) is -3.24. The van der Waals surface area contributed by atoms with Gasteiger partial charge in [-0.25, -0.2) is 29.8 Å². The van der Waals surface area contributed by atoms with E-state index in [1.807, 2.05) is 0 Å². The lowest BCUT2D eigenvalue weighted by Gasteiger charge is -2.13. The molecule has 0 bridgehead atoms. The van der Waals surface area contributed by atoms with Crippen LogP contribution in [0.25, 0.3) is 21.1 Å². The summed E-state index contributed by atoms with van der Waals surface area (Å²) < 4.78 is 53.2. The average Bonchev–Trinajstić information content (AvgIpc) is 3.03. The molecule has 0 radical (unpaired) electrons. The maximum Gasteiger partial charge on any atom is 0.342 e. The van der Waals surface area contributed by atoms with Crippen molar-refractivity contribution in [2.45, 2.75) is 4.90 Å². The number of phenols is 2. The summed E-state index contributed by atoms with van der Waals surface area (Å²) >= 11 is 0. The average molecular weight is 645 g/mol. The van der Waals surface area contributed by atoms with E-state index in [4.69, 9.17) is 32.1 Å². The van der Waals surface area contributed by atoms with Gasteiger partial charge in [0.2, 0.25) is 0 Å². The van der Waals surface area contributed by atoms with Crippen molar-refractivity contribution in [3.05, 3.63) is 99.0 Å². The number of carbonyl (C=O) groups excluding carboxylic acids is 2. The minimum absolute atomic E-state index is 0.0838. The van der Waals surface area contributed by atoms with E-state index >= 15 is 0 Å². The summed E-state index contributed by atoms with van der Waals surface area (Å²) in [4.78, 5) is 30.3. The van der Waals surface area contributed by atoms with Crippen LogP contribution in [0.2, 0.25) is 0 Å². The summed E-state index contributed by atoms with van der Waals surface area (Å²) in [7, 11) is -4.68. The Morgan fingerprint density at radius 1 is 0.739 bits per heavy atom. The number of hydrogen-bond donors (Lipinski definition) is 3. The summed E-state index contributed by atoms with van der Waals surface area (Å²) in [5, 5.41) is 38.5. The number of ether oxygens (including phenoxy) is 4. The summed E-state index contributed by atoms with van der Waals surface area (Å²) in [6, 6.07) is 13.8. The third-order valence-corrected chi connectivity index (χ3v) is 6.63. The topological polar surface area (TPSA) is 222 Å². The summed E-state index contributed by atoms with van der Waals surface area (Å²) in [5.41, 5.74) is -1.58. The zero-order valence-corrected chi connectivity index (χ0v) is 24.1. The molecule has 0 spiro atoms. The Labute approximate surface area is 261 Å². The van der Waals surface area contributed by atoms with Crippen molar-refractivity contribution in [3.8, 4) is 35.1 Å². The van der Waals surface area contributed by atoms with E-state index in [1.165, 1.54) is 30.3 Å². The molecule has 3 rings (SSSR count). The van der Waals surface area contributed by atoms with Gasteiger partial charge in [-0.05, 0) is 42.5 Å². The van der Waals surface area contributed by atoms with Crippen molar-refractivity contribution >= 4 is 33.5 Å². The second-order valence-corrected chi connectivity index (χ2v) is 10.1. The molecule has 15 nitrogen and oxygen atoms in total. The first-order valence-corrected chi connectivity index (χ1v) is 14.0. The number of para-hydroxylation sites is 1. The Hall–Kier alpha value is -6.59. The number of hydrogen-bond acceptors (Lipinski definition) is 12. The van der Waals surface area contributed by atoms with Crippen LogP contribution in [0.1, 0.15) is 20.7 Å². The molecule has 46 heavy (non-hydrogen) atoms. The van der Waals surface area contributed by atoms with Crippen molar-refractivity contribution in [1.82, 2.24) is 0 Å². The van der Waals surface area contributed by atoms with Gasteiger partial charge in [-0.2, -0.15) is 8.42 Å². The van der Waals surface area contributed by atoms with Gasteiger partial charge >= 0.3 is 11.9 Å². The highest BCUT2D eigenvalue weighted by Gasteiger charge is 2.19. The Balaban J connectivity index is 1.84. The van der Waals surface area contributed by atoms with Gasteiger partial charge in [-0.3, -0.25) is 4.55 Å². The Kier molecular flexibility index (Phi) is 11.2. The molecular formula is C30H20N4O11S. The van der Waals surface area contributed by atoms with Crippen LogP contribution < -0.4 is 19.9 Å². The van der Waals surface area contributed by atoms with Gasteiger partial charge < -0.3 is 29.2 Å². The molecule has 3 aromatic carbocycles. The van der Waals surface area contributed by atoms with Gasteiger partial charge in [-0.15, -0.1) is 0 Å². The van der Waals surface area contributed by atoms with Crippen LogP contribution in [0.5, 0.6) is 23.0 Å². The maximum absolute atomic E-state index is 12.4. The molecule has 0 amide bonds. The highest BCUT2D eigenvalue weighted by Crippen LogP contribution is 2.22. The molecule has 0 unspecified atom stereocenters. The van der Waals surface area contributed by atoms with Gasteiger partial charge in [0.25, 0.3) is 21.5 Å². The molecule has 232 valence electrons. The molecule has 3 N–H and O–H groups in total. The fourth-order valence-electron chi connectivity index (χ4n) is 3.67. The minimum Gasteiger partial charge on any atom is -0.507 e. The van der Waals surface area contributed by atoms with Crippen molar-refractivity contribution in [2.75, 3.05) is 26.4 Å². The van der Waals surface area contributed by atoms with Gasteiger partial charge in [-0.1, -0.05) is 12.1 Å². The molecule has 0 aromatic heterocycles. The zero-order valence-electron chi connectivity index (χ0n) is 23.3. The predicted octanol–water partition coefficient (Wildman–Crippen LogP) is 1.92. The standard InChI is InChI=1S/C30H20N4O11S/c1-33-23(16-31)20-15-28(43-10-12-45-30(38)22-13-18(46(39,40)41)7-8-26(22)36)21(24(17-32)34-2)14-27(20)42-9-11-44-29(37)19-5-3-4-6-25(19)35/h3-8,13-15,35-36H,9-12H2,(H,39,40,41). The van der Waals surface area contributed by atoms with E-state index in [0.29, 0.717) is 6.07 Å². The van der Waals surface area contributed by atoms with Gasteiger partial charge in [0.15, 0.2) is 0 Å². The van der Waals surface area contributed by atoms with E-state index in [-0.39, 0.29) is 46.5 Å². The van der Waals surface area contributed by atoms with Crippen LogP contribution in [0.3, 0.4) is 0 Å². The molecule has 16 heteroatoms. The monoisotopic (exact) mass is 644 g/mol. The summed E-state index contributed by atoms with van der Waals surface area (Å²) in [6.07, 6.45) is 0. The van der Waals surface area contributed by atoms with E-state index < -0.39 is 62.9 Å². The maximum atomic E-state index is 12.4. The van der Waals surface area contributed by atoms with Crippen LogP contribution in [-0.4, -0.2) is 61.5 Å². The van der Waals surface area contributed by atoms with Crippen LogP contribution in [0.15, 0.2) is 59.5 Å².